The van der Waals surface area contributed by atoms with Crippen molar-refractivity contribution >= 4 is 17.5 Å². The lowest BCUT2D eigenvalue weighted by Gasteiger charge is -2.56. The fourth-order valence-electron chi connectivity index (χ4n) is 5.57. The molecule has 4 saturated carbocycles. The van der Waals surface area contributed by atoms with Crippen molar-refractivity contribution in [1.82, 2.24) is 15.1 Å². The zero-order chi connectivity index (χ0) is 15.3. The van der Waals surface area contributed by atoms with Gasteiger partial charge in [-0.3, -0.25) is 9.48 Å². The maximum atomic E-state index is 12.2. The molecule has 0 aromatic carbocycles. The van der Waals surface area contributed by atoms with Gasteiger partial charge in [-0.1, -0.05) is 11.6 Å². The van der Waals surface area contributed by atoms with Crippen molar-refractivity contribution in [2.45, 2.75) is 52.0 Å². The molecule has 4 fully saturated rings. The van der Waals surface area contributed by atoms with Gasteiger partial charge >= 0.3 is 0 Å². The van der Waals surface area contributed by atoms with Crippen molar-refractivity contribution in [2.75, 3.05) is 6.54 Å². The lowest BCUT2D eigenvalue weighted by Crippen LogP contribution is -2.51. The Balaban J connectivity index is 1.35. The van der Waals surface area contributed by atoms with E-state index >= 15 is 0 Å². The second kappa shape index (κ2) is 5.26. The lowest BCUT2D eigenvalue weighted by molar-refractivity contribution is -0.124. The molecule has 4 nitrogen and oxygen atoms in total. The van der Waals surface area contributed by atoms with Crippen LogP contribution in [-0.2, 0) is 11.3 Å². The zero-order valence-electron chi connectivity index (χ0n) is 13.1. The fraction of sp³-hybridized carbons (Fsp3) is 0.765. The fourth-order valence-corrected chi connectivity index (χ4v) is 5.72. The van der Waals surface area contributed by atoms with E-state index in [0.717, 1.165) is 30.0 Å². The largest absolute Gasteiger partial charge is 0.354 e. The molecule has 0 saturated heterocycles. The summed E-state index contributed by atoms with van der Waals surface area (Å²) in [6.45, 7) is 2.97. The lowest BCUT2D eigenvalue weighted by atomic mass is 9.49. The summed E-state index contributed by atoms with van der Waals surface area (Å²) in [7, 11) is 0. The van der Waals surface area contributed by atoms with Crippen molar-refractivity contribution in [1.29, 1.82) is 0 Å². The predicted molar refractivity (Wildman–Crippen MR) is 85.6 cm³/mol. The predicted octanol–water partition coefficient (Wildman–Crippen LogP) is 3.18. The molecule has 4 aliphatic rings. The first kappa shape index (κ1) is 14.6. The van der Waals surface area contributed by atoms with Gasteiger partial charge in [0.25, 0.3) is 0 Å². The first-order valence-corrected chi connectivity index (χ1v) is 8.85. The number of hydrogen-bond acceptors (Lipinski definition) is 2. The minimum Gasteiger partial charge on any atom is -0.354 e. The maximum absolute atomic E-state index is 12.2. The SMILES string of the molecule is Cc1nn(CC(=O)NCC23CC4CC(CC(C4)C2)C3)cc1Cl. The van der Waals surface area contributed by atoms with Gasteiger partial charge in [0.2, 0.25) is 5.91 Å². The van der Waals surface area contributed by atoms with E-state index in [1.54, 1.807) is 10.9 Å². The number of nitrogens with one attached hydrogen (secondary N) is 1. The highest BCUT2D eigenvalue weighted by molar-refractivity contribution is 6.31. The minimum atomic E-state index is 0.0508. The highest BCUT2D eigenvalue weighted by Gasteiger charge is 2.50. The highest BCUT2D eigenvalue weighted by atomic mass is 35.5. The number of hydrogen-bond donors (Lipinski definition) is 1. The third-order valence-electron chi connectivity index (χ3n) is 6.02. The van der Waals surface area contributed by atoms with Crippen LogP contribution in [0.3, 0.4) is 0 Å². The van der Waals surface area contributed by atoms with Gasteiger partial charge in [0.15, 0.2) is 0 Å². The van der Waals surface area contributed by atoms with Crippen LogP contribution in [0.25, 0.3) is 0 Å². The highest BCUT2D eigenvalue weighted by Crippen LogP contribution is 2.59. The average Bonchev–Trinajstić information content (AvgIpc) is 2.73. The van der Waals surface area contributed by atoms with Crippen LogP contribution >= 0.6 is 11.6 Å². The summed E-state index contributed by atoms with van der Waals surface area (Å²) in [5.41, 5.74) is 1.16. The molecular formula is C17H24ClN3O. The molecule has 0 radical (unpaired) electrons. The summed E-state index contributed by atoms with van der Waals surface area (Å²) in [5, 5.41) is 8.04. The molecule has 0 unspecified atom stereocenters. The van der Waals surface area contributed by atoms with Gasteiger partial charge in [0, 0.05) is 12.7 Å². The Morgan fingerprint density at radius 3 is 2.41 bits per heavy atom. The third kappa shape index (κ3) is 2.66. The van der Waals surface area contributed by atoms with Crippen LogP contribution in [0.2, 0.25) is 5.02 Å². The summed E-state index contributed by atoms with van der Waals surface area (Å²) in [6, 6.07) is 0. The van der Waals surface area contributed by atoms with E-state index in [9.17, 15) is 4.79 Å². The van der Waals surface area contributed by atoms with E-state index in [1.165, 1.54) is 38.5 Å². The first-order chi connectivity index (χ1) is 10.5. The van der Waals surface area contributed by atoms with E-state index in [4.69, 9.17) is 11.6 Å². The van der Waals surface area contributed by atoms with E-state index in [-0.39, 0.29) is 12.5 Å². The molecule has 22 heavy (non-hydrogen) atoms. The number of nitrogens with zero attached hydrogens (tertiary/aromatic N) is 2. The smallest absolute Gasteiger partial charge is 0.241 e. The van der Waals surface area contributed by atoms with Crippen LogP contribution in [0.5, 0.6) is 0 Å². The molecule has 4 bridgehead atoms. The van der Waals surface area contributed by atoms with Crippen molar-refractivity contribution in [3.05, 3.63) is 16.9 Å². The number of rotatable bonds is 4. The average molecular weight is 322 g/mol. The number of aryl methyl sites for hydroxylation is 1. The molecule has 5 heteroatoms. The second-order valence-corrected chi connectivity index (χ2v) is 8.36. The quantitative estimate of drug-likeness (QED) is 0.926. The zero-order valence-corrected chi connectivity index (χ0v) is 13.9. The monoisotopic (exact) mass is 321 g/mol. The summed E-state index contributed by atoms with van der Waals surface area (Å²) in [6.07, 6.45) is 10.0. The standard InChI is InChI=1S/C17H24ClN3O/c1-11-15(18)8-21(20-11)9-16(22)19-10-17-5-12-2-13(6-17)4-14(3-12)7-17/h8,12-14H,2-7,9-10H2,1H3,(H,19,22). The van der Waals surface area contributed by atoms with Gasteiger partial charge in [-0.05, 0) is 68.6 Å². The molecule has 1 amide bonds. The van der Waals surface area contributed by atoms with Gasteiger partial charge in [-0.25, -0.2) is 0 Å². The summed E-state index contributed by atoms with van der Waals surface area (Å²) in [5.74, 6) is 2.83. The Bertz CT molecular complexity index is 540. The van der Waals surface area contributed by atoms with Crippen LogP contribution in [0.4, 0.5) is 0 Å². The van der Waals surface area contributed by atoms with Crippen LogP contribution in [0, 0.1) is 30.1 Å². The van der Waals surface area contributed by atoms with Crippen LogP contribution in [0.15, 0.2) is 6.20 Å². The van der Waals surface area contributed by atoms with Crippen molar-refractivity contribution in [3.8, 4) is 0 Å². The number of amides is 1. The van der Waals surface area contributed by atoms with Gasteiger partial charge in [0.05, 0.1) is 10.7 Å². The normalized spacial score (nSPS) is 35.8. The molecule has 0 spiro atoms. The van der Waals surface area contributed by atoms with E-state index < -0.39 is 0 Å². The summed E-state index contributed by atoms with van der Waals surface area (Å²) >= 11 is 5.99. The molecule has 1 heterocycles. The van der Waals surface area contributed by atoms with E-state index in [2.05, 4.69) is 10.4 Å². The molecule has 0 aliphatic heterocycles. The molecule has 5 rings (SSSR count). The minimum absolute atomic E-state index is 0.0508. The number of halogens is 1. The molecule has 4 aliphatic carbocycles. The Hall–Kier alpha value is -1.03. The van der Waals surface area contributed by atoms with Crippen molar-refractivity contribution in [3.63, 3.8) is 0 Å². The van der Waals surface area contributed by atoms with Crippen molar-refractivity contribution < 1.29 is 4.79 Å². The third-order valence-corrected chi connectivity index (χ3v) is 6.39. The molecule has 1 aromatic rings. The Morgan fingerprint density at radius 1 is 1.32 bits per heavy atom. The number of carbonyl (C=O) groups excluding carboxylic acids is 1. The van der Waals surface area contributed by atoms with Crippen LogP contribution < -0.4 is 5.32 Å². The Labute approximate surface area is 136 Å². The number of aromatic nitrogens is 2. The van der Waals surface area contributed by atoms with Crippen molar-refractivity contribution in [2.24, 2.45) is 23.2 Å². The van der Waals surface area contributed by atoms with Crippen LogP contribution in [-0.4, -0.2) is 22.2 Å². The molecule has 1 N–H and O–H groups in total. The van der Waals surface area contributed by atoms with Gasteiger partial charge in [-0.2, -0.15) is 5.10 Å². The van der Waals surface area contributed by atoms with E-state index in [1.807, 2.05) is 6.92 Å². The second-order valence-electron chi connectivity index (χ2n) is 7.95. The van der Waals surface area contributed by atoms with E-state index in [0.29, 0.717) is 10.4 Å². The Kier molecular flexibility index (Phi) is 3.48. The Morgan fingerprint density at radius 2 is 1.91 bits per heavy atom. The van der Waals surface area contributed by atoms with Gasteiger partial charge in [0.1, 0.15) is 6.54 Å². The van der Waals surface area contributed by atoms with Crippen LogP contribution in [0.1, 0.15) is 44.2 Å². The summed E-state index contributed by atoms with van der Waals surface area (Å²) in [4.78, 5) is 12.2. The summed E-state index contributed by atoms with van der Waals surface area (Å²) < 4.78 is 1.63. The maximum Gasteiger partial charge on any atom is 0.241 e. The molecule has 1 aromatic heterocycles. The first-order valence-electron chi connectivity index (χ1n) is 8.48. The molecule has 0 atom stereocenters. The van der Waals surface area contributed by atoms with Gasteiger partial charge < -0.3 is 5.32 Å². The van der Waals surface area contributed by atoms with Gasteiger partial charge in [-0.15, -0.1) is 0 Å². The molecular weight excluding hydrogens is 298 g/mol. The number of carbonyl (C=O) groups is 1. The topological polar surface area (TPSA) is 46.9 Å². The molecule has 120 valence electrons.